The molecule has 0 radical (unpaired) electrons. The average Bonchev–Trinajstić information content (AvgIpc) is 2.02. The van der Waals surface area contributed by atoms with Crippen LogP contribution in [0.4, 0.5) is 0 Å². The van der Waals surface area contributed by atoms with Gasteiger partial charge < -0.3 is 5.73 Å². The number of hydrogen-bond donors (Lipinski definition) is 1. The molecule has 4 heteroatoms. The number of nitrogens with zero attached hydrogens (tertiary/aromatic N) is 3. The summed E-state index contributed by atoms with van der Waals surface area (Å²) in [6.45, 7) is 7.87. The second-order valence-corrected chi connectivity index (χ2v) is 4.25. The molecule has 1 rings (SSSR count). The number of rotatable bonds is 1. The van der Waals surface area contributed by atoms with Gasteiger partial charge in [0.15, 0.2) is 11.7 Å². The summed E-state index contributed by atoms with van der Waals surface area (Å²) in [6, 6.07) is 0. The zero-order valence-electron chi connectivity index (χ0n) is 9.07. The third kappa shape index (κ3) is 3.12. The summed E-state index contributed by atoms with van der Waals surface area (Å²) < 4.78 is 0. The first-order valence-corrected chi connectivity index (χ1v) is 4.53. The van der Waals surface area contributed by atoms with Crippen molar-refractivity contribution < 1.29 is 0 Å². The van der Waals surface area contributed by atoms with Crippen molar-refractivity contribution >= 4 is 5.84 Å². The van der Waals surface area contributed by atoms with Crippen molar-refractivity contribution in [3.63, 3.8) is 0 Å². The van der Waals surface area contributed by atoms with Crippen LogP contribution in [0.2, 0.25) is 0 Å². The fraction of sp³-hybridized carbons (Fsp3) is 0.500. The van der Waals surface area contributed by atoms with Gasteiger partial charge in [0.05, 0.1) is 5.54 Å². The van der Waals surface area contributed by atoms with Crippen LogP contribution in [0, 0.1) is 6.92 Å². The highest BCUT2D eigenvalue weighted by Crippen LogP contribution is 2.07. The first-order chi connectivity index (χ1) is 6.38. The van der Waals surface area contributed by atoms with Gasteiger partial charge in [0, 0.05) is 12.4 Å². The Labute approximate surface area is 84.3 Å². The molecule has 14 heavy (non-hydrogen) atoms. The summed E-state index contributed by atoms with van der Waals surface area (Å²) in [4.78, 5) is 12.5. The summed E-state index contributed by atoms with van der Waals surface area (Å²) in [5.74, 6) is 0.878. The minimum atomic E-state index is -0.196. The van der Waals surface area contributed by atoms with Gasteiger partial charge in [0.1, 0.15) is 0 Å². The van der Waals surface area contributed by atoms with Crippen LogP contribution in [0.5, 0.6) is 0 Å². The molecule has 0 aliphatic heterocycles. The summed E-state index contributed by atoms with van der Waals surface area (Å²) in [6.07, 6.45) is 3.46. The number of hydrogen-bond acceptors (Lipinski definition) is 3. The van der Waals surface area contributed by atoms with Gasteiger partial charge in [-0.1, -0.05) is 0 Å². The molecule has 2 N–H and O–H groups in total. The fourth-order valence-corrected chi connectivity index (χ4v) is 0.936. The number of aliphatic imine (C=N–C) groups is 1. The Morgan fingerprint density at radius 2 is 1.79 bits per heavy atom. The van der Waals surface area contributed by atoms with E-state index in [1.165, 1.54) is 0 Å². The van der Waals surface area contributed by atoms with Crippen LogP contribution >= 0.6 is 0 Å². The predicted octanol–water partition coefficient (Wildman–Crippen LogP) is 1.29. The van der Waals surface area contributed by atoms with E-state index in [9.17, 15) is 0 Å². The SMILES string of the molecule is Cc1cnc(C(N)=NC(C)(C)C)nc1. The molecule has 0 unspecified atom stereocenters. The molecule has 0 amide bonds. The minimum absolute atomic E-state index is 0.196. The normalized spacial score (nSPS) is 13.0. The van der Waals surface area contributed by atoms with Crippen molar-refractivity contribution in [2.24, 2.45) is 10.7 Å². The molecule has 0 atom stereocenters. The van der Waals surface area contributed by atoms with Crippen molar-refractivity contribution in [1.82, 2.24) is 9.97 Å². The first kappa shape index (κ1) is 10.6. The molecule has 4 nitrogen and oxygen atoms in total. The number of nitrogens with two attached hydrogens (primary N) is 1. The minimum Gasteiger partial charge on any atom is -0.381 e. The molecule has 1 aromatic rings. The van der Waals surface area contributed by atoms with E-state index >= 15 is 0 Å². The van der Waals surface area contributed by atoms with Gasteiger partial charge >= 0.3 is 0 Å². The molecular weight excluding hydrogens is 176 g/mol. The lowest BCUT2D eigenvalue weighted by atomic mass is 10.1. The fourth-order valence-electron chi connectivity index (χ4n) is 0.936. The van der Waals surface area contributed by atoms with Gasteiger partial charge in [-0.25, -0.2) is 9.97 Å². The molecule has 0 aliphatic rings. The van der Waals surface area contributed by atoms with Crippen LogP contribution < -0.4 is 5.73 Å². The lowest BCUT2D eigenvalue weighted by Crippen LogP contribution is -2.23. The number of aryl methyl sites for hydroxylation is 1. The highest BCUT2D eigenvalue weighted by Gasteiger charge is 2.10. The van der Waals surface area contributed by atoms with E-state index in [0.717, 1.165) is 5.56 Å². The summed E-state index contributed by atoms with van der Waals surface area (Å²) in [7, 11) is 0. The Bertz CT molecular complexity index is 332. The highest BCUT2D eigenvalue weighted by atomic mass is 15.0. The highest BCUT2D eigenvalue weighted by molar-refractivity contribution is 5.94. The van der Waals surface area contributed by atoms with E-state index in [1.807, 2.05) is 27.7 Å². The average molecular weight is 192 g/mol. The molecule has 1 heterocycles. The van der Waals surface area contributed by atoms with Crippen molar-refractivity contribution in [3.05, 3.63) is 23.8 Å². The van der Waals surface area contributed by atoms with E-state index in [1.54, 1.807) is 12.4 Å². The number of aromatic nitrogens is 2. The lowest BCUT2D eigenvalue weighted by Gasteiger charge is -2.12. The van der Waals surface area contributed by atoms with Crippen LogP contribution in [0.15, 0.2) is 17.4 Å². The Hall–Kier alpha value is -1.45. The zero-order valence-corrected chi connectivity index (χ0v) is 9.07. The van der Waals surface area contributed by atoms with Crippen molar-refractivity contribution in [1.29, 1.82) is 0 Å². The maximum absolute atomic E-state index is 5.76. The Balaban J connectivity index is 2.95. The van der Waals surface area contributed by atoms with Crippen LogP contribution in [0.25, 0.3) is 0 Å². The lowest BCUT2D eigenvalue weighted by molar-refractivity contribution is 0.582. The standard InChI is InChI=1S/C10H16N4/c1-7-5-12-9(13-6-7)8(11)14-10(2,3)4/h5-6H,1-4H3,(H2,11,14). The third-order valence-corrected chi connectivity index (χ3v) is 1.47. The van der Waals surface area contributed by atoms with Crippen molar-refractivity contribution in [2.75, 3.05) is 0 Å². The molecule has 0 saturated heterocycles. The first-order valence-electron chi connectivity index (χ1n) is 4.53. The van der Waals surface area contributed by atoms with E-state index in [2.05, 4.69) is 15.0 Å². The van der Waals surface area contributed by atoms with Crippen LogP contribution in [0.1, 0.15) is 32.2 Å². The Kier molecular flexibility index (Phi) is 2.84. The van der Waals surface area contributed by atoms with Crippen molar-refractivity contribution in [3.8, 4) is 0 Å². The molecule has 0 spiro atoms. The maximum atomic E-state index is 5.76. The molecule has 0 saturated carbocycles. The zero-order chi connectivity index (χ0) is 10.8. The summed E-state index contributed by atoms with van der Waals surface area (Å²) in [5.41, 5.74) is 6.57. The molecule has 0 bridgehead atoms. The molecule has 0 aliphatic carbocycles. The summed E-state index contributed by atoms with van der Waals surface area (Å²) >= 11 is 0. The van der Waals surface area contributed by atoms with Gasteiger partial charge in [-0.05, 0) is 33.3 Å². The third-order valence-electron chi connectivity index (χ3n) is 1.47. The van der Waals surface area contributed by atoms with Gasteiger partial charge in [-0.2, -0.15) is 0 Å². The topological polar surface area (TPSA) is 64.2 Å². The predicted molar refractivity (Wildman–Crippen MR) is 57.2 cm³/mol. The second-order valence-electron chi connectivity index (χ2n) is 4.25. The molecular formula is C10H16N4. The summed E-state index contributed by atoms with van der Waals surface area (Å²) in [5, 5.41) is 0. The molecule has 76 valence electrons. The maximum Gasteiger partial charge on any atom is 0.194 e. The molecule has 1 aromatic heterocycles. The quantitative estimate of drug-likeness (QED) is 0.538. The van der Waals surface area contributed by atoms with Gasteiger partial charge in [-0.15, -0.1) is 0 Å². The molecule has 0 fully saturated rings. The van der Waals surface area contributed by atoms with Crippen molar-refractivity contribution in [2.45, 2.75) is 33.2 Å². The Morgan fingerprint density at radius 1 is 1.29 bits per heavy atom. The van der Waals surface area contributed by atoms with Crippen LogP contribution in [0.3, 0.4) is 0 Å². The van der Waals surface area contributed by atoms with E-state index in [-0.39, 0.29) is 5.54 Å². The van der Waals surface area contributed by atoms with E-state index < -0.39 is 0 Å². The van der Waals surface area contributed by atoms with Crippen LogP contribution in [-0.4, -0.2) is 21.3 Å². The van der Waals surface area contributed by atoms with E-state index in [4.69, 9.17) is 5.73 Å². The van der Waals surface area contributed by atoms with Crippen LogP contribution in [-0.2, 0) is 0 Å². The van der Waals surface area contributed by atoms with Gasteiger partial charge in [-0.3, -0.25) is 4.99 Å². The Morgan fingerprint density at radius 3 is 2.21 bits per heavy atom. The van der Waals surface area contributed by atoms with Gasteiger partial charge in [0.2, 0.25) is 0 Å². The number of amidine groups is 1. The molecule has 0 aromatic carbocycles. The van der Waals surface area contributed by atoms with E-state index in [0.29, 0.717) is 11.7 Å². The second kappa shape index (κ2) is 3.74. The monoisotopic (exact) mass is 192 g/mol. The smallest absolute Gasteiger partial charge is 0.194 e. The van der Waals surface area contributed by atoms with Gasteiger partial charge in [0.25, 0.3) is 0 Å². The largest absolute Gasteiger partial charge is 0.381 e.